The molecule has 2 fully saturated rings. The first-order valence-electron chi connectivity index (χ1n) is 7.29. The van der Waals surface area contributed by atoms with Crippen LogP contribution in [-0.2, 0) is 0 Å². The summed E-state index contributed by atoms with van der Waals surface area (Å²) in [4.78, 5) is 4.27. The monoisotopic (exact) mass is 262 g/mol. The number of ether oxygens (including phenoxy) is 1. The van der Waals surface area contributed by atoms with E-state index in [0.29, 0.717) is 24.5 Å². The molecule has 1 aliphatic heterocycles. The van der Waals surface area contributed by atoms with Crippen molar-refractivity contribution in [1.82, 2.24) is 10.3 Å². The number of aromatic nitrogens is 1. The third kappa shape index (κ3) is 3.25. The quantitative estimate of drug-likeness (QED) is 0.785. The fourth-order valence-corrected chi connectivity index (χ4v) is 2.77. The first-order chi connectivity index (χ1) is 9.36. The number of nitrogens with one attached hydrogen (secondary N) is 1. The van der Waals surface area contributed by atoms with Crippen molar-refractivity contribution in [2.24, 2.45) is 5.92 Å². The van der Waals surface area contributed by atoms with Crippen LogP contribution in [0.15, 0.2) is 18.5 Å². The zero-order valence-electron chi connectivity index (χ0n) is 11.2. The summed E-state index contributed by atoms with van der Waals surface area (Å²) in [7, 11) is 0. The second-order valence-corrected chi connectivity index (χ2v) is 5.65. The van der Waals surface area contributed by atoms with E-state index in [9.17, 15) is 0 Å². The zero-order valence-corrected chi connectivity index (χ0v) is 11.2. The van der Waals surface area contributed by atoms with E-state index in [1.165, 1.54) is 18.4 Å². The Morgan fingerprint density at radius 3 is 3.00 bits per heavy atom. The maximum Gasteiger partial charge on any atom is 0.137 e. The van der Waals surface area contributed by atoms with E-state index >= 15 is 0 Å². The molecule has 1 saturated heterocycles. The summed E-state index contributed by atoms with van der Waals surface area (Å²) in [6.07, 6.45) is 8.15. The van der Waals surface area contributed by atoms with Gasteiger partial charge in [-0.2, -0.15) is 0 Å². The molecule has 4 heteroatoms. The van der Waals surface area contributed by atoms with Crippen molar-refractivity contribution in [3.63, 3.8) is 0 Å². The highest BCUT2D eigenvalue weighted by Gasteiger charge is 2.37. The summed E-state index contributed by atoms with van der Waals surface area (Å²) in [5, 5.41) is 12.3. The molecule has 2 unspecified atom stereocenters. The predicted octanol–water partition coefficient (Wildman–Crippen LogP) is 1.70. The molecule has 0 spiro atoms. The van der Waals surface area contributed by atoms with Crippen LogP contribution in [-0.4, -0.2) is 35.9 Å². The molecular formula is C15H22N2O2. The number of nitrogens with zero attached hydrogens (tertiary/aromatic N) is 1. The summed E-state index contributed by atoms with van der Waals surface area (Å²) < 4.78 is 5.77. The molecule has 2 aliphatic rings. The molecule has 19 heavy (non-hydrogen) atoms. The minimum atomic E-state index is 0.291. The molecule has 4 nitrogen and oxygen atoms in total. The van der Waals surface area contributed by atoms with Crippen LogP contribution in [0.4, 0.5) is 0 Å². The number of hydrogen-bond acceptors (Lipinski definition) is 4. The van der Waals surface area contributed by atoms with E-state index in [4.69, 9.17) is 9.84 Å². The van der Waals surface area contributed by atoms with Gasteiger partial charge in [-0.1, -0.05) is 0 Å². The van der Waals surface area contributed by atoms with Gasteiger partial charge in [-0.15, -0.1) is 0 Å². The Labute approximate surface area is 114 Å². The van der Waals surface area contributed by atoms with Crippen LogP contribution in [0.5, 0.6) is 5.75 Å². The van der Waals surface area contributed by atoms with E-state index < -0.39 is 0 Å². The molecular weight excluding hydrogens is 240 g/mol. The maximum absolute atomic E-state index is 8.95. The smallest absolute Gasteiger partial charge is 0.137 e. The van der Waals surface area contributed by atoms with Crippen molar-refractivity contribution in [3.8, 4) is 5.75 Å². The van der Waals surface area contributed by atoms with Crippen LogP contribution < -0.4 is 10.1 Å². The van der Waals surface area contributed by atoms with Gasteiger partial charge in [0.25, 0.3) is 0 Å². The minimum absolute atomic E-state index is 0.291. The van der Waals surface area contributed by atoms with Crippen LogP contribution in [0.25, 0.3) is 0 Å². The number of pyridine rings is 1. The van der Waals surface area contributed by atoms with Crippen molar-refractivity contribution < 1.29 is 9.84 Å². The molecule has 1 aromatic heterocycles. The zero-order chi connectivity index (χ0) is 13.1. The van der Waals surface area contributed by atoms with Crippen LogP contribution in [0.3, 0.4) is 0 Å². The molecule has 1 aliphatic carbocycles. The van der Waals surface area contributed by atoms with Gasteiger partial charge in [0.2, 0.25) is 0 Å². The Bertz CT molecular complexity index is 420. The molecule has 0 amide bonds. The Hall–Kier alpha value is -1.13. The topological polar surface area (TPSA) is 54.4 Å². The van der Waals surface area contributed by atoms with E-state index in [0.717, 1.165) is 31.7 Å². The van der Waals surface area contributed by atoms with E-state index in [-0.39, 0.29) is 0 Å². The average Bonchev–Trinajstić information content (AvgIpc) is 3.13. The molecule has 2 N–H and O–H groups in total. The van der Waals surface area contributed by atoms with Crippen molar-refractivity contribution >= 4 is 0 Å². The molecule has 0 radical (unpaired) electrons. The Morgan fingerprint density at radius 2 is 2.26 bits per heavy atom. The van der Waals surface area contributed by atoms with Crippen molar-refractivity contribution in [2.45, 2.75) is 37.6 Å². The molecule has 0 aromatic carbocycles. The molecule has 1 saturated carbocycles. The second-order valence-electron chi connectivity index (χ2n) is 5.65. The number of aliphatic hydroxyl groups excluding tert-OH is 1. The van der Waals surface area contributed by atoms with Gasteiger partial charge in [0.05, 0.1) is 12.8 Å². The highest BCUT2D eigenvalue weighted by atomic mass is 16.5. The Balaban J connectivity index is 1.48. The Morgan fingerprint density at radius 1 is 1.37 bits per heavy atom. The summed E-state index contributed by atoms with van der Waals surface area (Å²) in [6.45, 7) is 2.20. The van der Waals surface area contributed by atoms with Crippen molar-refractivity contribution in [1.29, 1.82) is 0 Å². The molecule has 1 aromatic rings. The molecule has 3 atom stereocenters. The van der Waals surface area contributed by atoms with Gasteiger partial charge in [-0.05, 0) is 55.7 Å². The summed E-state index contributed by atoms with van der Waals surface area (Å²) in [6, 6.07) is 2.76. The third-order valence-electron chi connectivity index (χ3n) is 4.25. The maximum atomic E-state index is 8.95. The lowest BCUT2D eigenvalue weighted by molar-refractivity contribution is 0.251. The molecule has 3 rings (SSSR count). The predicted molar refractivity (Wildman–Crippen MR) is 73.3 cm³/mol. The summed E-state index contributed by atoms with van der Waals surface area (Å²) >= 11 is 0. The fourth-order valence-electron chi connectivity index (χ4n) is 2.77. The fraction of sp³-hybridized carbons (Fsp3) is 0.667. The first-order valence-corrected chi connectivity index (χ1v) is 7.29. The highest BCUT2D eigenvalue weighted by molar-refractivity contribution is 5.30. The Kier molecular flexibility index (Phi) is 3.99. The first kappa shape index (κ1) is 12.9. The third-order valence-corrected chi connectivity index (χ3v) is 4.25. The van der Waals surface area contributed by atoms with Gasteiger partial charge in [-0.3, -0.25) is 4.98 Å². The summed E-state index contributed by atoms with van der Waals surface area (Å²) in [5.41, 5.74) is 1.26. The van der Waals surface area contributed by atoms with Gasteiger partial charge in [0.15, 0.2) is 0 Å². The van der Waals surface area contributed by atoms with Gasteiger partial charge < -0.3 is 15.2 Å². The van der Waals surface area contributed by atoms with E-state index in [1.54, 1.807) is 6.20 Å². The van der Waals surface area contributed by atoms with Gasteiger partial charge in [-0.25, -0.2) is 0 Å². The van der Waals surface area contributed by atoms with Crippen LogP contribution in [0.2, 0.25) is 0 Å². The minimum Gasteiger partial charge on any atom is -0.492 e. The molecule has 0 bridgehead atoms. The van der Waals surface area contributed by atoms with E-state index in [2.05, 4.69) is 16.4 Å². The van der Waals surface area contributed by atoms with Crippen LogP contribution >= 0.6 is 0 Å². The lowest BCUT2D eigenvalue weighted by Gasteiger charge is -2.27. The van der Waals surface area contributed by atoms with Gasteiger partial charge in [0.1, 0.15) is 5.75 Å². The lowest BCUT2D eigenvalue weighted by Crippen LogP contribution is -2.43. The number of hydrogen-bond donors (Lipinski definition) is 2. The molecule has 104 valence electrons. The number of aliphatic hydroxyl groups is 1. The average molecular weight is 262 g/mol. The summed E-state index contributed by atoms with van der Waals surface area (Å²) in [5.74, 6) is 2.10. The van der Waals surface area contributed by atoms with Crippen LogP contribution in [0, 0.1) is 5.92 Å². The standard InChI is InChI=1S/C15H22N2O2/c18-5-2-11-8-15(11)12-7-14(10-16-9-12)19-6-3-13-1-4-17-13/h7,9-11,13,15,17-18H,1-6,8H2/t11?,13-,15?/m0/s1. The van der Waals surface area contributed by atoms with Crippen molar-refractivity contribution in [3.05, 3.63) is 24.0 Å². The normalized spacial score (nSPS) is 28.8. The highest BCUT2D eigenvalue weighted by Crippen LogP contribution is 2.49. The number of rotatable bonds is 7. The second kappa shape index (κ2) is 5.88. The van der Waals surface area contributed by atoms with Crippen molar-refractivity contribution in [2.75, 3.05) is 19.8 Å². The SMILES string of the molecule is OCCC1CC1c1cncc(OCC[C@@H]2CCN2)c1. The lowest BCUT2D eigenvalue weighted by atomic mass is 10.0. The van der Waals surface area contributed by atoms with Crippen LogP contribution in [0.1, 0.15) is 37.2 Å². The molecule has 2 heterocycles. The van der Waals surface area contributed by atoms with Gasteiger partial charge >= 0.3 is 0 Å². The largest absolute Gasteiger partial charge is 0.492 e. The van der Waals surface area contributed by atoms with E-state index in [1.807, 2.05) is 6.20 Å². The van der Waals surface area contributed by atoms with Gasteiger partial charge in [0, 0.05) is 18.8 Å².